The van der Waals surface area contributed by atoms with Gasteiger partial charge in [-0.2, -0.15) is 0 Å². The molecule has 0 spiro atoms. The fourth-order valence-corrected chi connectivity index (χ4v) is 1.55. The number of hydrogen-bond acceptors (Lipinski definition) is 1. The summed E-state index contributed by atoms with van der Waals surface area (Å²) in [6, 6.07) is 0. The largest absolute Gasteiger partial charge is 0.401 e. The van der Waals surface area contributed by atoms with Gasteiger partial charge in [0, 0.05) is 10.2 Å². The molecule has 0 fully saturated rings. The number of rotatable bonds is 0. The summed E-state index contributed by atoms with van der Waals surface area (Å²) in [6.45, 7) is 0. The Labute approximate surface area is 64.4 Å². The van der Waals surface area contributed by atoms with E-state index in [1.165, 1.54) is 23.7 Å². The Morgan fingerprint density at radius 2 is 1.78 bits per heavy atom. The second kappa shape index (κ2) is 3.25. The van der Waals surface area contributed by atoms with Crippen LogP contribution in [0.25, 0.3) is 0 Å². The Morgan fingerprint density at radius 3 is 2.56 bits per heavy atom. The van der Waals surface area contributed by atoms with Crippen LogP contribution in [-0.2, 0) is 0 Å². The molecular formula is C7H12BrN. The zero-order chi connectivity index (χ0) is 6.69. The van der Waals surface area contributed by atoms with Gasteiger partial charge in [-0.1, -0.05) is 22.4 Å². The molecule has 1 rings (SSSR count). The molecule has 0 aromatic heterocycles. The molecule has 0 radical (unpaired) electrons. The van der Waals surface area contributed by atoms with E-state index in [0.717, 1.165) is 18.5 Å². The van der Waals surface area contributed by atoms with Crippen LogP contribution in [0, 0.1) is 0 Å². The topological polar surface area (TPSA) is 26.0 Å². The Kier molecular flexibility index (Phi) is 2.58. The molecule has 9 heavy (non-hydrogen) atoms. The van der Waals surface area contributed by atoms with E-state index in [9.17, 15) is 0 Å². The summed E-state index contributed by atoms with van der Waals surface area (Å²) in [6.07, 6.45) is 6.12. The molecule has 0 unspecified atom stereocenters. The normalized spacial score (nSPS) is 21.9. The molecular weight excluding hydrogens is 178 g/mol. The minimum atomic E-state index is 1.06. The van der Waals surface area contributed by atoms with Crippen molar-refractivity contribution in [3.63, 3.8) is 0 Å². The molecule has 2 heteroatoms. The highest BCUT2D eigenvalue weighted by molar-refractivity contribution is 9.11. The van der Waals surface area contributed by atoms with Crippen molar-refractivity contribution in [2.45, 2.75) is 32.1 Å². The highest BCUT2D eigenvalue weighted by Crippen LogP contribution is 2.24. The van der Waals surface area contributed by atoms with Crippen LogP contribution in [-0.4, -0.2) is 0 Å². The average molecular weight is 190 g/mol. The molecule has 0 aromatic carbocycles. The van der Waals surface area contributed by atoms with Gasteiger partial charge in [0.25, 0.3) is 0 Å². The van der Waals surface area contributed by atoms with Gasteiger partial charge < -0.3 is 5.73 Å². The molecule has 1 aliphatic carbocycles. The van der Waals surface area contributed by atoms with Crippen molar-refractivity contribution in [2.24, 2.45) is 5.73 Å². The van der Waals surface area contributed by atoms with Crippen molar-refractivity contribution in [2.75, 3.05) is 0 Å². The van der Waals surface area contributed by atoms with Crippen LogP contribution < -0.4 is 5.73 Å². The lowest BCUT2D eigenvalue weighted by Crippen LogP contribution is -1.96. The fraction of sp³-hybridized carbons (Fsp3) is 0.714. The molecule has 2 N–H and O–H groups in total. The first kappa shape index (κ1) is 7.13. The second-order valence-corrected chi connectivity index (χ2v) is 3.45. The molecule has 1 nitrogen and oxygen atoms in total. The van der Waals surface area contributed by atoms with Gasteiger partial charge in [0.15, 0.2) is 0 Å². The Bertz CT molecular complexity index is 115. The second-order valence-electron chi connectivity index (χ2n) is 2.49. The van der Waals surface area contributed by atoms with Crippen molar-refractivity contribution < 1.29 is 0 Å². The van der Waals surface area contributed by atoms with Gasteiger partial charge in [0.1, 0.15) is 0 Å². The van der Waals surface area contributed by atoms with E-state index >= 15 is 0 Å². The van der Waals surface area contributed by atoms with Crippen molar-refractivity contribution in [3.05, 3.63) is 10.2 Å². The summed E-state index contributed by atoms with van der Waals surface area (Å²) < 4.78 is 1.24. The summed E-state index contributed by atoms with van der Waals surface area (Å²) in [5.74, 6) is 0. The smallest absolute Gasteiger partial charge is 0.0183 e. The van der Waals surface area contributed by atoms with Gasteiger partial charge in [0.2, 0.25) is 0 Å². The van der Waals surface area contributed by atoms with Crippen LogP contribution in [0.5, 0.6) is 0 Å². The van der Waals surface area contributed by atoms with E-state index in [1.807, 2.05) is 0 Å². The zero-order valence-electron chi connectivity index (χ0n) is 5.49. The maximum Gasteiger partial charge on any atom is 0.0183 e. The van der Waals surface area contributed by atoms with Crippen molar-refractivity contribution in [3.8, 4) is 0 Å². The van der Waals surface area contributed by atoms with E-state index in [4.69, 9.17) is 5.73 Å². The molecule has 0 saturated carbocycles. The van der Waals surface area contributed by atoms with Gasteiger partial charge in [0.05, 0.1) is 0 Å². The molecule has 0 heterocycles. The fourth-order valence-electron chi connectivity index (χ4n) is 1.07. The van der Waals surface area contributed by atoms with Crippen LogP contribution >= 0.6 is 15.9 Å². The maximum absolute atomic E-state index is 5.71. The summed E-state index contributed by atoms with van der Waals surface area (Å²) in [5, 5.41) is 0. The first-order valence-electron chi connectivity index (χ1n) is 3.43. The first-order chi connectivity index (χ1) is 4.30. The van der Waals surface area contributed by atoms with E-state index < -0.39 is 0 Å². The minimum Gasteiger partial charge on any atom is -0.401 e. The van der Waals surface area contributed by atoms with Crippen molar-refractivity contribution in [1.82, 2.24) is 0 Å². The lowest BCUT2D eigenvalue weighted by Gasteiger charge is -1.97. The molecule has 0 amide bonds. The first-order valence-corrected chi connectivity index (χ1v) is 4.23. The Morgan fingerprint density at radius 1 is 1.11 bits per heavy atom. The molecule has 0 bridgehead atoms. The number of nitrogens with two attached hydrogens (primary N) is 1. The quantitative estimate of drug-likeness (QED) is 0.623. The number of halogens is 1. The van der Waals surface area contributed by atoms with E-state index in [1.54, 1.807) is 0 Å². The predicted octanol–water partition coefficient (Wildman–Crippen LogP) is 2.52. The van der Waals surface area contributed by atoms with Crippen molar-refractivity contribution >= 4 is 15.9 Å². The Hall–Kier alpha value is 0.0200. The number of allylic oxidation sites excluding steroid dienone is 2. The van der Waals surface area contributed by atoms with Gasteiger partial charge in [-0.05, 0) is 25.7 Å². The third kappa shape index (κ3) is 2.01. The summed E-state index contributed by atoms with van der Waals surface area (Å²) in [7, 11) is 0. The molecule has 0 atom stereocenters. The number of hydrogen-bond donors (Lipinski definition) is 1. The van der Waals surface area contributed by atoms with E-state index in [-0.39, 0.29) is 0 Å². The maximum atomic E-state index is 5.71. The molecule has 0 saturated heterocycles. The van der Waals surface area contributed by atoms with E-state index in [0.29, 0.717) is 0 Å². The highest BCUT2D eigenvalue weighted by Gasteiger charge is 2.04. The van der Waals surface area contributed by atoms with Crippen LogP contribution in [0.2, 0.25) is 0 Å². The van der Waals surface area contributed by atoms with Crippen LogP contribution in [0.1, 0.15) is 32.1 Å². The van der Waals surface area contributed by atoms with Gasteiger partial charge in [-0.25, -0.2) is 0 Å². The lowest BCUT2D eigenvalue weighted by molar-refractivity contribution is 0.709. The molecule has 1 aliphatic rings. The van der Waals surface area contributed by atoms with Crippen molar-refractivity contribution in [1.29, 1.82) is 0 Å². The lowest BCUT2D eigenvalue weighted by atomic mass is 10.2. The summed E-state index contributed by atoms with van der Waals surface area (Å²) in [4.78, 5) is 0. The monoisotopic (exact) mass is 189 g/mol. The molecule has 0 aromatic rings. The van der Waals surface area contributed by atoms with Crippen LogP contribution in [0.15, 0.2) is 10.2 Å². The minimum absolute atomic E-state index is 1.06. The Balaban J connectivity index is 2.55. The predicted molar refractivity (Wildman–Crippen MR) is 43.2 cm³/mol. The standard InChI is InChI=1S/C7H12BrN/c8-6-4-2-1-3-5-7(6)9/h1-5,9H2. The van der Waals surface area contributed by atoms with Gasteiger partial charge in [-0.3, -0.25) is 0 Å². The average Bonchev–Trinajstić information content (AvgIpc) is 1.99. The van der Waals surface area contributed by atoms with Crippen LogP contribution in [0.4, 0.5) is 0 Å². The summed E-state index contributed by atoms with van der Waals surface area (Å²) in [5.41, 5.74) is 6.77. The highest BCUT2D eigenvalue weighted by atomic mass is 79.9. The van der Waals surface area contributed by atoms with Gasteiger partial charge in [-0.15, -0.1) is 0 Å². The van der Waals surface area contributed by atoms with Crippen LogP contribution in [0.3, 0.4) is 0 Å². The van der Waals surface area contributed by atoms with Gasteiger partial charge >= 0.3 is 0 Å². The SMILES string of the molecule is NC1=C(Br)CCCCC1. The zero-order valence-corrected chi connectivity index (χ0v) is 7.08. The van der Waals surface area contributed by atoms with E-state index in [2.05, 4.69) is 15.9 Å². The summed E-state index contributed by atoms with van der Waals surface area (Å²) >= 11 is 3.46. The molecule has 0 aliphatic heterocycles. The third-order valence-electron chi connectivity index (χ3n) is 1.69. The third-order valence-corrected chi connectivity index (χ3v) is 2.60. The molecule has 52 valence electrons.